The van der Waals surface area contributed by atoms with Crippen molar-refractivity contribution in [3.63, 3.8) is 0 Å². The summed E-state index contributed by atoms with van der Waals surface area (Å²) < 4.78 is 6.89. The van der Waals surface area contributed by atoms with E-state index in [9.17, 15) is 9.59 Å². The van der Waals surface area contributed by atoms with Gasteiger partial charge in [-0.3, -0.25) is 14.8 Å². The van der Waals surface area contributed by atoms with Crippen molar-refractivity contribution in [3.05, 3.63) is 11.9 Å². The average molecular weight is 293 g/mol. The lowest BCUT2D eigenvalue weighted by Gasteiger charge is -2.22. The molecule has 1 aliphatic rings. The number of rotatable bonds is 2. The van der Waals surface area contributed by atoms with Crippen LogP contribution in [0.25, 0.3) is 0 Å². The molecule has 0 saturated heterocycles. The van der Waals surface area contributed by atoms with E-state index in [2.05, 4.69) is 10.4 Å². The number of nitrogens with zero attached hydrogens (tertiary/aromatic N) is 2. The second kappa shape index (κ2) is 5.16. The summed E-state index contributed by atoms with van der Waals surface area (Å²) >= 11 is 0. The third-order valence-electron chi connectivity index (χ3n) is 3.71. The quantitative estimate of drug-likeness (QED) is 0.909. The lowest BCUT2D eigenvalue weighted by molar-refractivity contribution is -0.124. The Labute approximate surface area is 124 Å². The third-order valence-corrected chi connectivity index (χ3v) is 3.71. The highest BCUT2D eigenvalue weighted by atomic mass is 16.6. The highest BCUT2D eigenvalue weighted by molar-refractivity contribution is 5.89. The molecule has 1 N–H and O–H groups in total. The Balaban J connectivity index is 2.17. The molecule has 1 aliphatic carbocycles. The van der Waals surface area contributed by atoms with Crippen LogP contribution in [0, 0.1) is 6.92 Å². The maximum atomic E-state index is 12.1. The van der Waals surface area contributed by atoms with Crippen LogP contribution in [0.15, 0.2) is 6.20 Å². The highest BCUT2D eigenvalue weighted by Crippen LogP contribution is 2.33. The summed E-state index contributed by atoms with van der Waals surface area (Å²) in [5, 5.41) is 7.08. The average Bonchev–Trinajstić information content (AvgIpc) is 2.83. The van der Waals surface area contributed by atoms with E-state index in [0.717, 1.165) is 12.8 Å². The summed E-state index contributed by atoms with van der Waals surface area (Å²) in [6.45, 7) is 9.11. The molecule has 0 bridgehead atoms. The molecule has 0 spiro atoms. The fourth-order valence-corrected chi connectivity index (χ4v) is 2.49. The molecule has 0 aliphatic heterocycles. The van der Waals surface area contributed by atoms with Gasteiger partial charge in [0, 0.05) is 6.42 Å². The van der Waals surface area contributed by atoms with E-state index in [1.807, 2.05) is 6.92 Å². The topological polar surface area (TPSA) is 73.2 Å². The van der Waals surface area contributed by atoms with E-state index < -0.39 is 17.2 Å². The van der Waals surface area contributed by atoms with Gasteiger partial charge in [-0.25, -0.2) is 4.79 Å². The van der Waals surface area contributed by atoms with E-state index in [1.165, 1.54) is 0 Å². The first kappa shape index (κ1) is 15.5. The normalized spacial score (nSPS) is 22.4. The van der Waals surface area contributed by atoms with Crippen molar-refractivity contribution in [1.82, 2.24) is 9.78 Å². The number of anilines is 1. The summed E-state index contributed by atoms with van der Waals surface area (Å²) in [4.78, 5) is 23.9. The number of aryl methyl sites for hydroxylation is 1. The molecule has 1 amide bonds. The monoisotopic (exact) mass is 293 g/mol. The fraction of sp³-hybridized carbons (Fsp3) is 0.667. The number of carbonyl (C=O) groups excluding carboxylic acids is 2. The van der Waals surface area contributed by atoms with Gasteiger partial charge in [-0.05, 0) is 47.5 Å². The van der Waals surface area contributed by atoms with E-state index in [1.54, 1.807) is 38.6 Å². The predicted molar refractivity (Wildman–Crippen MR) is 79.3 cm³/mol. The molecule has 1 atom stereocenters. The molecule has 116 valence electrons. The number of hydrogen-bond donors (Lipinski definition) is 1. The van der Waals surface area contributed by atoms with Crippen molar-refractivity contribution >= 4 is 17.6 Å². The molecule has 0 radical (unpaired) electrons. The van der Waals surface area contributed by atoms with Crippen molar-refractivity contribution in [2.75, 3.05) is 5.32 Å². The molecule has 21 heavy (non-hydrogen) atoms. The zero-order chi connectivity index (χ0) is 15.8. The Morgan fingerprint density at radius 3 is 2.67 bits per heavy atom. The number of nitrogens with one attached hydrogen (secondary N) is 1. The van der Waals surface area contributed by atoms with Crippen molar-refractivity contribution < 1.29 is 14.3 Å². The Bertz CT molecular complexity index is 571. The first-order valence-corrected chi connectivity index (χ1v) is 7.22. The SMILES string of the molecule is Cc1nn(C2(C)CCCC2=O)cc1NC(=O)OC(C)(C)C. The minimum atomic E-state index is -0.599. The van der Waals surface area contributed by atoms with Crippen LogP contribution in [0.1, 0.15) is 52.7 Å². The minimum Gasteiger partial charge on any atom is -0.444 e. The molecule has 6 heteroatoms. The Morgan fingerprint density at radius 2 is 2.14 bits per heavy atom. The van der Waals surface area contributed by atoms with E-state index in [4.69, 9.17) is 4.74 Å². The van der Waals surface area contributed by atoms with Crippen LogP contribution in [-0.2, 0) is 15.1 Å². The Hall–Kier alpha value is -1.85. The molecular formula is C15H23N3O3. The smallest absolute Gasteiger partial charge is 0.412 e. The van der Waals surface area contributed by atoms with Gasteiger partial charge in [-0.1, -0.05) is 0 Å². The zero-order valence-corrected chi connectivity index (χ0v) is 13.3. The molecule has 1 fully saturated rings. The first-order chi connectivity index (χ1) is 9.62. The van der Waals surface area contributed by atoms with Gasteiger partial charge in [0.15, 0.2) is 5.78 Å². The van der Waals surface area contributed by atoms with Gasteiger partial charge in [-0.2, -0.15) is 5.10 Å². The second-order valence-electron chi connectivity index (χ2n) is 6.75. The number of aromatic nitrogens is 2. The lowest BCUT2D eigenvalue weighted by Crippen LogP contribution is -2.34. The van der Waals surface area contributed by atoms with Gasteiger partial charge in [-0.15, -0.1) is 0 Å². The predicted octanol–water partition coefficient (Wildman–Crippen LogP) is 3.01. The molecule has 6 nitrogen and oxygen atoms in total. The number of Topliss-reactive ketones (excluding diaryl/α,β-unsaturated/α-hetero) is 1. The van der Waals surface area contributed by atoms with Gasteiger partial charge >= 0.3 is 6.09 Å². The van der Waals surface area contributed by atoms with Crippen LogP contribution in [-0.4, -0.2) is 27.3 Å². The van der Waals surface area contributed by atoms with Crippen LogP contribution < -0.4 is 5.32 Å². The molecule has 0 aromatic carbocycles. The Kier molecular flexibility index (Phi) is 3.82. The summed E-state index contributed by atoms with van der Waals surface area (Å²) in [6.07, 6.45) is 3.43. The maximum Gasteiger partial charge on any atom is 0.412 e. The molecule has 1 saturated carbocycles. The van der Waals surface area contributed by atoms with Crippen LogP contribution >= 0.6 is 0 Å². The van der Waals surface area contributed by atoms with E-state index >= 15 is 0 Å². The maximum absolute atomic E-state index is 12.1. The third kappa shape index (κ3) is 3.25. The minimum absolute atomic E-state index is 0.189. The largest absolute Gasteiger partial charge is 0.444 e. The van der Waals surface area contributed by atoms with Crippen LogP contribution in [0.4, 0.5) is 10.5 Å². The van der Waals surface area contributed by atoms with Gasteiger partial charge in [0.1, 0.15) is 11.1 Å². The van der Waals surface area contributed by atoms with Crippen LogP contribution in [0.2, 0.25) is 0 Å². The van der Waals surface area contributed by atoms with Crippen LogP contribution in [0.5, 0.6) is 0 Å². The van der Waals surface area contributed by atoms with E-state index in [0.29, 0.717) is 17.8 Å². The zero-order valence-electron chi connectivity index (χ0n) is 13.3. The van der Waals surface area contributed by atoms with Crippen LogP contribution in [0.3, 0.4) is 0 Å². The van der Waals surface area contributed by atoms with E-state index in [-0.39, 0.29) is 5.78 Å². The summed E-state index contributed by atoms with van der Waals surface area (Å²) in [5.41, 5.74) is 0.0898. The van der Waals surface area contributed by atoms with Crippen molar-refractivity contribution in [3.8, 4) is 0 Å². The van der Waals surface area contributed by atoms with Gasteiger partial charge in [0.05, 0.1) is 17.6 Å². The van der Waals surface area contributed by atoms with Gasteiger partial charge < -0.3 is 4.74 Å². The second-order valence-corrected chi connectivity index (χ2v) is 6.75. The molecular weight excluding hydrogens is 270 g/mol. The van der Waals surface area contributed by atoms with Crippen molar-refractivity contribution in [1.29, 1.82) is 0 Å². The van der Waals surface area contributed by atoms with Gasteiger partial charge in [0.2, 0.25) is 0 Å². The lowest BCUT2D eigenvalue weighted by atomic mass is 10.0. The molecule has 1 heterocycles. The molecule has 1 aromatic heterocycles. The molecule has 1 aromatic rings. The molecule has 1 unspecified atom stereocenters. The first-order valence-electron chi connectivity index (χ1n) is 7.22. The molecule has 2 rings (SSSR count). The van der Waals surface area contributed by atoms with Crippen molar-refractivity contribution in [2.24, 2.45) is 0 Å². The number of amides is 1. The number of carbonyl (C=O) groups is 2. The summed E-state index contributed by atoms with van der Waals surface area (Å²) in [5.74, 6) is 0.189. The number of ketones is 1. The number of ether oxygens (including phenoxy) is 1. The fourth-order valence-electron chi connectivity index (χ4n) is 2.49. The Morgan fingerprint density at radius 1 is 1.48 bits per heavy atom. The number of hydrogen-bond acceptors (Lipinski definition) is 4. The summed E-state index contributed by atoms with van der Waals surface area (Å²) in [6, 6.07) is 0. The van der Waals surface area contributed by atoms with Gasteiger partial charge in [0.25, 0.3) is 0 Å². The standard InChI is InChI=1S/C15H23N3O3/c1-10-11(16-13(20)21-14(2,3)4)9-18(17-10)15(5)8-6-7-12(15)19/h9H,6-8H2,1-5H3,(H,16,20). The van der Waals surface area contributed by atoms with Crippen molar-refractivity contribution in [2.45, 2.75) is 65.0 Å². The highest BCUT2D eigenvalue weighted by Gasteiger charge is 2.40. The summed E-state index contributed by atoms with van der Waals surface area (Å²) in [7, 11) is 0.